The quantitative estimate of drug-likeness (QED) is 0.386. The predicted molar refractivity (Wildman–Crippen MR) is 110 cm³/mol. The Bertz CT molecular complexity index is 1320. The number of aromatic amines is 1. The summed E-state index contributed by atoms with van der Waals surface area (Å²) in [5.74, 6) is -0.480. The minimum absolute atomic E-state index is 0.00399. The molecule has 0 atom stereocenters. The molecule has 7 nitrogen and oxygen atoms in total. The van der Waals surface area contributed by atoms with Crippen LogP contribution in [0, 0.1) is 6.92 Å². The Kier molecular flexibility index (Phi) is 4.81. The maximum atomic E-state index is 13.3. The van der Waals surface area contributed by atoms with Crippen molar-refractivity contribution in [3.63, 3.8) is 0 Å². The highest BCUT2D eigenvalue weighted by atomic mass is 35.5. The number of sulfonamides is 1. The second-order valence-corrected chi connectivity index (χ2v) is 8.69. The molecule has 9 heteroatoms. The Morgan fingerprint density at radius 1 is 1.10 bits per heavy atom. The van der Waals surface area contributed by atoms with Gasteiger partial charge in [-0.3, -0.25) is 14.8 Å². The number of nitrogens with zero attached hydrogens (tertiary/aromatic N) is 3. The molecular weight excluding hydrogens is 412 g/mol. The van der Waals surface area contributed by atoms with Crippen LogP contribution in [0.5, 0.6) is 0 Å². The van der Waals surface area contributed by atoms with Gasteiger partial charge in [0, 0.05) is 35.8 Å². The molecule has 146 valence electrons. The number of hydrogen-bond acceptors (Lipinski definition) is 5. The Labute approximate surface area is 172 Å². The summed E-state index contributed by atoms with van der Waals surface area (Å²) in [6.45, 7) is 1.74. The minimum atomic E-state index is -4.09. The van der Waals surface area contributed by atoms with E-state index in [0.717, 1.165) is 0 Å². The molecule has 29 heavy (non-hydrogen) atoms. The lowest BCUT2D eigenvalue weighted by Gasteiger charge is -2.19. The summed E-state index contributed by atoms with van der Waals surface area (Å²) in [4.78, 5) is 24.5. The lowest BCUT2D eigenvalue weighted by Crippen LogP contribution is -2.24. The zero-order valence-corrected chi connectivity index (χ0v) is 16.8. The molecule has 0 saturated heterocycles. The molecule has 0 fully saturated rings. The van der Waals surface area contributed by atoms with Crippen LogP contribution in [0.25, 0.3) is 10.9 Å². The average molecular weight is 427 g/mol. The second kappa shape index (κ2) is 7.31. The Morgan fingerprint density at radius 2 is 1.86 bits per heavy atom. The maximum Gasteiger partial charge on any atom is 0.278 e. The van der Waals surface area contributed by atoms with Gasteiger partial charge < -0.3 is 4.98 Å². The number of carbonyl (C=O) groups is 1. The Balaban J connectivity index is 1.85. The van der Waals surface area contributed by atoms with Crippen LogP contribution in [0.15, 0.2) is 72.1 Å². The molecule has 1 aromatic carbocycles. The molecule has 0 radical (unpaired) electrons. The van der Waals surface area contributed by atoms with Crippen molar-refractivity contribution >= 4 is 44.2 Å². The van der Waals surface area contributed by atoms with E-state index in [1.165, 1.54) is 30.6 Å². The van der Waals surface area contributed by atoms with Gasteiger partial charge in [0.1, 0.15) is 11.4 Å². The topological polar surface area (TPSA) is 96.0 Å². The SMILES string of the molecule is Cc1cnc(C(=O)c2cncc3[nH]ccc23)c(N(Cl)S(=O)(=O)c2ccccc2)c1. The third-order valence-corrected chi connectivity index (χ3v) is 6.60. The van der Waals surface area contributed by atoms with Crippen LogP contribution in [0.1, 0.15) is 21.6 Å². The third-order valence-electron chi connectivity index (χ3n) is 4.38. The molecule has 0 spiro atoms. The summed E-state index contributed by atoms with van der Waals surface area (Å²) in [7, 11) is -4.09. The standard InChI is InChI=1S/C20H15ClN4O3S/c1-13-9-18(25(21)29(27,28)14-5-3-2-4-6-14)19(24-10-13)20(26)16-11-22-12-17-15(16)7-8-23-17/h2-12,23H,1H3. The average Bonchev–Trinajstić information content (AvgIpc) is 3.22. The van der Waals surface area contributed by atoms with E-state index in [1.54, 1.807) is 43.6 Å². The van der Waals surface area contributed by atoms with E-state index in [1.807, 2.05) is 0 Å². The number of carbonyl (C=O) groups excluding carboxylic acids is 1. The van der Waals surface area contributed by atoms with Crippen LogP contribution in [-0.4, -0.2) is 29.2 Å². The predicted octanol–water partition coefficient (Wildman–Crippen LogP) is 3.85. The molecule has 0 unspecified atom stereocenters. The molecule has 0 saturated carbocycles. The summed E-state index contributed by atoms with van der Waals surface area (Å²) in [6.07, 6.45) is 6.21. The highest BCUT2D eigenvalue weighted by molar-refractivity contribution is 7.94. The summed E-state index contributed by atoms with van der Waals surface area (Å²) in [5, 5.41) is 0.658. The molecule has 0 bridgehead atoms. The van der Waals surface area contributed by atoms with E-state index in [4.69, 9.17) is 11.8 Å². The van der Waals surface area contributed by atoms with Crippen LogP contribution in [0.2, 0.25) is 0 Å². The van der Waals surface area contributed by atoms with Crippen LogP contribution in [-0.2, 0) is 10.0 Å². The normalized spacial score (nSPS) is 11.5. The van der Waals surface area contributed by atoms with Gasteiger partial charge in [-0.1, -0.05) is 18.2 Å². The van der Waals surface area contributed by atoms with Gasteiger partial charge >= 0.3 is 0 Å². The molecule has 4 rings (SSSR count). The zero-order chi connectivity index (χ0) is 20.6. The fraction of sp³-hybridized carbons (Fsp3) is 0.0500. The van der Waals surface area contributed by atoms with Crippen molar-refractivity contribution in [2.75, 3.05) is 3.82 Å². The van der Waals surface area contributed by atoms with Crippen LogP contribution in [0.4, 0.5) is 5.69 Å². The van der Waals surface area contributed by atoms with Crippen molar-refractivity contribution < 1.29 is 13.2 Å². The Morgan fingerprint density at radius 3 is 2.62 bits per heavy atom. The third kappa shape index (κ3) is 3.37. The van der Waals surface area contributed by atoms with E-state index < -0.39 is 15.8 Å². The molecule has 1 N–H and O–H groups in total. The molecule has 0 aliphatic rings. The van der Waals surface area contributed by atoms with Gasteiger partial charge in [0.25, 0.3) is 10.0 Å². The van der Waals surface area contributed by atoms with Gasteiger partial charge in [-0.25, -0.2) is 0 Å². The van der Waals surface area contributed by atoms with Crippen molar-refractivity contribution in [2.24, 2.45) is 0 Å². The number of H-pyrrole nitrogens is 1. The van der Waals surface area contributed by atoms with Gasteiger partial charge in [0.15, 0.2) is 0 Å². The zero-order valence-electron chi connectivity index (χ0n) is 15.2. The van der Waals surface area contributed by atoms with Crippen LogP contribution < -0.4 is 3.82 Å². The number of rotatable bonds is 5. The first-order chi connectivity index (χ1) is 13.9. The van der Waals surface area contributed by atoms with E-state index in [-0.39, 0.29) is 16.3 Å². The Hall–Kier alpha value is -3.23. The fourth-order valence-corrected chi connectivity index (χ4v) is 4.42. The molecule has 0 amide bonds. The largest absolute Gasteiger partial charge is 0.360 e. The lowest BCUT2D eigenvalue weighted by molar-refractivity contribution is 0.103. The van der Waals surface area contributed by atoms with Crippen LogP contribution >= 0.6 is 11.8 Å². The number of fused-ring (bicyclic) bond motifs is 1. The molecule has 3 aromatic heterocycles. The minimum Gasteiger partial charge on any atom is -0.360 e. The van der Waals surface area contributed by atoms with E-state index in [9.17, 15) is 13.2 Å². The van der Waals surface area contributed by atoms with Crippen molar-refractivity contribution in [1.82, 2.24) is 15.0 Å². The lowest BCUT2D eigenvalue weighted by atomic mass is 10.0. The first-order valence-corrected chi connectivity index (χ1v) is 10.4. The molecule has 0 aliphatic heterocycles. The molecule has 4 aromatic rings. The number of pyridine rings is 2. The van der Waals surface area contributed by atoms with E-state index in [0.29, 0.717) is 25.9 Å². The van der Waals surface area contributed by atoms with Crippen molar-refractivity contribution in [3.05, 3.63) is 84.1 Å². The smallest absolute Gasteiger partial charge is 0.278 e. The molecule has 3 heterocycles. The number of nitrogens with one attached hydrogen (secondary N) is 1. The van der Waals surface area contributed by atoms with Crippen molar-refractivity contribution in [3.8, 4) is 0 Å². The van der Waals surface area contributed by atoms with Crippen molar-refractivity contribution in [2.45, 2.75) is 11.8 Å². The van der Waals surface area contributed by atoms with Gasteiger partial charge in [-0.2, -0.15) is 12.2 Å². The number of aromatic nitrogens is 3. The maximum absolute atomic E-state index is 13.3. The summed E-state index contributed by atoms with van der Waals surface area (Å²) in [5.41, 5.74) is 1.53. The number of ketones is 1. The van der Waals surface area contributed by atoms with Crippen LogP contribution in [0.3, 0.4) is 0 Å². The first-order valence-electron chi connectivity index (χ1n) is 8.58. The highest BCUT2D eigenvalue weighted by Gasteiger charge is 2.29. The number of hydrogen-bond donors (Lipinski definition) is 1. The number of anilines is 1. The first kappa shape index (κ1) is 19.1. The number of halogens is 1. The fourth-order valence-electron chi connectivity index (χ4n) is 2.97. The monoisotopic (exact) mass is 426 g/mol. The number of benzene rings is 1. The van der Waals surface area contributed by atoms with Gasteiger partial charge in [0.2, 0.25) is 5.78 Å². The summed E-state index contributed by atoms with van der Waals surface area (Å²) in [6, 6.07) is 11.0. The van der Waals surface area contributed by atoms with Crippen molar-refractivity contribution in [1.29, 1.82) is 0 Å². The van der Waals surface area contributed by atoms with Gasteiger partial charge in [-0.15, -0.1) is 0 Å². The van der Waals surface area contributed by atoms with E-state index in [2.05, 4.69) is 15.0 Å². The summed E-state index contributed by atoms with van der Waals surface area (Å²) < 4.78 is 26.5. The van der Waals surface area contributed by atoms with E-state index >= 15 is 0 Å². The number of aryl methyl sites for hydroxylation is 1. The van der Waals surface area contributed by atoms with Gasteiger partial charge in [0.05, 0.1) is 22.2 Å². The van der Waals surface area contributed by atoms with Gasteiger partial charge in [-0.05, 0) is 36.8 Å². The molecule has 0 aliphatic carbocycles. The highest BCUT2D eigenvalue weighted by Crippen LogP contribution is 2.31. The summed E-state index contributed by atoms with van der Waals surface area (Å²) >= 11 is 6.27. The molecular formula is C20H15ClN4O3S. The second-order valence-electron chi connectivity index (χ2n) is 6.37.